The number of carbonyl (C=O) groups is 2. The second kappa shape index (κ2) is 8.24. The number of benzene rings is 1. The Morgan fingerprint density at radius 2 is 1.61 bits per heavy atom. The zero-order valence-electron chi connectivity index (χ0n) is 15.8. The van der Waals surface area contributed by atoms with E-state index in [0.29, 0.717) is 26.2 Å². The average molecular weight is 380 g/mol. The second-order valence-corrected chi connectivity index (χ2v) is 7.08. The Bertz CT molecular complexity index is 810. The van der Waals surface area contributed by atoms with E-state index in [1.165, 1.54) is 24.7 Å². The van der Waals surface area contributed by atoms with Crippen LogP contribution in [0.4, 0.5) is 17.2 Å². The van der Waals surface area contributed by atoms with E-state index in [0.717, 1.165) is 31.0 Å². The molecule has 2 aromatic rings. The molecule has 8 nitrogen and oxygen atoms in total. The van der Waals surface area contributed by atoms with Crippen molar-refractivity contribution in [2.75, 3.05) is 54.4 Å². The van der Waals surface area contributed by atoms with E-state index in [-0.39, 0.29) is 11.6 Å². The lowest BCUT2D eigenvalue weighted by Crippen LogP contribution is -2.46. The molecule has 0 saturated carbocycles. The molecular formula is C20H24N6O2. The summed E-state index contributed by atoms with van der Waals surface area (Å²) >= 11 is 0. The number of nitrogens with one attached hydrogen (secondary N) is 1. The first-order valence-electron chi connectivity index (χ1n) is 9.65. The number of aromatic nitrogens is 2. The molecular weight excluding hydrogens is 356 g/mol. The normalized spacial score (nSPS) is 16.9. The smallest absolute Gasteiger partial charge is 0.275 e. The molecule has 0 bridgehead atoms. The van der Waals surface area contributed by atoms with Crippen molar-refractivity contribution in [3.8, 4) is 0 Å². The minimum Gasteiger partial charge on any atom is -0.372 e. The minimum absolute atomic E-state index is 0.277. The first kappa shape index (κ1) is 18.2. The molecule has 0 spiro atoms. The highest BCUT2D eigenvalue weighted by Gasteiger charge is 2.18. The molecule has 1 N–H and O–H groups in total. The van der Waals surface area contributed by atoms with Gasteiger partial charge in [0.1, 0.15) is 11.5 Å². The Hall–Kier alpha value is -3.16. The lowest BCUT2D eigenvalue weighted by molar-refractivity contribution is -0.118. The zero-order chi connectivity index (χ0) is 19.3. The van der Waals surface area contributed by atoms with Crippen LogP contribution < -0.4 is 15.1 Å². The predicted molar refractivity (Wildman–Crippen MR) is 108 cm³/mol. The Morgan fingerprint density at radius 1 is 0.893 bits per heavy atom. The van der Waals surface area contributed by atoms with Crippen molar-refractivity contribution in [3.63, 3.8) is 0 Å². The van der Waals surface area contributed by atoms with Crippen LogP contribution in [0.3, 0.4) is 0 Å². The molecule has 0 aliphatic carbocycles. The van der Waals surface area contributed by atoms with Crippen LogP contribution in [-0.2, 0) is 4.79 Å². The lowest BCUT2D eigenvalue weighted by Gasteiger charge is -2.33. The monoisotopic (exact) mass is 380 g/mol. The van der Waals surface area contributed by atoms with Gasteiger partial charge in [-0.25, -0.2) is 9.97 Å². The highest BCUT2D eigenvalue weighted by molar-refractivity contribution is 6.02. The molecule has 3 heterocycles. The number of carbonyl (C=O) groups excluding carboxylic acids is 2. The topological polar surface area (TPSA) is 81.7 Å². The SMILES string of the molecule is O=CN1CCN(c2cnc(C(=O)Nc3ccc(N4CCCC4)cc3)cn2)CC1. The van der Waals surface area contributed by atoms with Gasteiger partial charge < -0.3 is 20.0 Å². The number of nitrogens with zero attached hydrogens (tertiary/aromatic N) is 5. The van der Waals surface area contributed by atoms with Crippen molar-refractivity contribution in [3.05, 3.63) is 42.4 Å². The van der Waals surface area contributed by atoms with Crippen LogP contribution in [-0.4, -0.2) is 66.5 Å². The third-order valence-corrected chi connectivity index (χ3v) is 5.25. The van der Waals surface area contributed by atoms with Gasteiger partial charge in [0.05, 0.1) is 12.4 Å². The quantitative estimate of drug-likeness (QED) is 0.794. The van der Waals surface area contributed by atoms with Gasteiger partial charge in [0, 0.05) is 50.6 Å². The first-order chi connectivity index (χ1) is 13.7. The van der Waals surface area contributed by atoms with E-state index >= 15 is 0 Å². The molecule has 1 aromatic carbocycles. The van der Waals surface area contributed by atoms with Gasteiger partial charge in [0.15, 0.2) is 0 Å². The summed E-state index contributed by atoms with van der Waals surface area (Å²) in [5.74, 6) is 0.441. The summed E-state index contributed by atoms with van der Waals surface area (Å²) < 4.78 is 0. The molecule has 1 aromatic heterocycles. The largest absolute Gasteiger partial charge is 0.372 e. The van der Waals surface area contributed by atoms with Crippen LogP contribution in [0.25, 0.3) is 0 Å². The van der Waals surface area contributed by atoms with Crippen LogP contribution in [0.2, 0.25) is 0 Å². The average Bonchev–Trinajstić information content (AvgIpc) is 3.29. The maximum Gasteiger partial charge on any atom is 0.275 e. The number of anilines is 3. The van der Waals surface area contributed by atoms with Crippen molar-refractivity contribution < 1.29 is 9.59 Å². The molecule has 8 heteroatoms. The Balaban J connectivity index is 1.35. The predicted octanol–water partition coefficient (Wildman–Crippen LogP) is 1.61. The van der Waals surface area contributed by atoms with Crippen molar-refractivity contribution >= 4 is 29.5 Å². The summed E-state index contributed by atoms with van der Waals surface area (Å²) in [5, 5.41) is 2.87. The molecule has 2 aliphatic rings. The van der Waals surface area contributed by atoms with Crippen LogP contribution in [0.1, 0.15) is 23.3 Å². The molecule has 2 saturated heterocycles. The van der Waals surface area contributed by atoms with Crippen molar-refractivity contribution in [1.82, 2.24) is 14.9 Å². The summed E-state index contributed by atoms with van der Waals surface area (Å²) in [6.07, 6.45) is 6.45. The van der Waals surface area contributed by atoms with Gasteiger partial charge in [-0.1, -0.05) is 0 Å². The molecule has 146 valence electrons. The van der Waals surface area contributed by atoms with E-state index in [2.05, 4.69) is 25.1 Å². The van der Waals surface area contributed by atoms with Gasteiger partial charge in [0.2, 0.25) is 6.41 Å². The molecule has 4 rings (SSSR count). The van der Waals surface area contributed by atoms with E-state index in [1.54, 1.807) is 11.1 Å². The van der Waals surface area contributed by atoms with Gasteiger partial charge in [0.25, 0.3) is 5.91 Å². The number of hydrogen-bond acceptors (Lipinski definition) is 6. The zero-order valence-corrected chi connectivity index (χ0v) is 15.8. The third-order valence-electron chi connectivity index (χ3n) is 5.25. The van der Waals surface area contributed by atoms with Crippen molar-refractivity contribution in [1.29, 1.82) is 0 Å². The van der Waals surface area contributed by atoms with Gasteiger partial charge in [-0.3, -0.25) is 9.59 Å². The maximum absolute atomic E-state index is 12.4. The van der Waals surface area contributed by atoms with E-state index in [9.17, 15) is 9.59 Å². The first-order valence-corrected chi connectivity index (χ1v) is 9.65. The summed E-state index contributed by atoms with van der Waals surface area (Å²) in [6.45, 7) is 4.95. The van der Waals surface area contributed by atoms with E-state index < -0.39 is 0 Å². The van der Waals surface area contributed by atoms with Gasteiger partial charge in [-0.05, 0) is 37.1 Å². The highest BCUT2D eigenvalue weighted by Crippen LogP contribution is 2.22. The summed E-state index contributed by atoms with van der Waals surface area (Å²) in [4.78, 5) is 38.0. The van der Waals surface area contributed by atoms with Crippen molar-refractivity contribution in [2.45, 2.75) is 12.8 Å². The summed E-state index contributed by atoms with van der Waals surface area (Å²) in [5.41, 5.74) is 2.21. The number of piperazine rings is 1. The Labute approximate surface area is 164 Å². The summed E-state index contributed by atoms with van der Waals surface area (Å²) in [7, 11) is 0. The second-order valence-electron chi connectivity index (χ2n) is 7.08. The Kier molecular flexibility index (Phi) is 5.36. The highest BCUT2D eigenvalue weighted by atomic mass is 16.2. The van der Waals surface area contributed by atoms with E-state index in [4.69, 9.17) is 0 Å². The molecule has 2 fully saturated rings. The van der Waals surface area contributed by atoms with Crippen LogP contribution in [0.5, 0.6) is 0 Å². The Morgan fingerprint density at radius 3 is 2.21 bits per heavy atom. The molecule has 0 atom stereocenters. The van der Waals surface area contributed by atoms with Gasteiger partial charge in [-0.2, -0.15) is 0 Å². The number of hydrogen-bond donors (Lipinski definition) is 1. The lowest BCUT2D eigenvalue weighted by atomic mass is 10.2. The standard InChI is InChI=1S/C20H24N6O2/c27-15-24-9-11-26(12-10-24)19-14-21-18(13-22-19)20(28)23-16-3-5-17(6-4-16)25-7-1-2-8-25/h3-6,13-15H,1-2,7-12H2,(H,23,28). The molecule has 28 heavy (non-hydrogen) atoms. The third kappa shape index (κ3) is 4.05. The van der Waals surface area contributed by atoms with Crippen LogP contribution >= 0.6 is 0 Å². The molecule has 0 radical (unpaired) electrons. The maximum atomic E-state index is 12.4. The van der Waals surface area contributed by atoms with Crippen LogP contribution in [0, 0.1) is 0 Å². The number of amides is 2. The summed E-state index contributed by atoms with van der Waals surface area (Å²) in [6, 6.07) is 7.91. The van der Waals surface area contributed by atoms with E-state index in [1.807, 2.05) is 24.3 Å². The van der Waals surface area contributed by atoms with Crippen molar-refractivity contribution in [2.24, 2.45) is 0 Å². The van der Waals surface area contributed by atoms with Gasteiger partial charge >= 0.3 is 0 Å². The molecule has 0 unspecified atom stereocenters. The van der Waals surface area contributed by atoms with Gasteiger partial charge in [-0.15, -0.1) is 0 Å². The molecule has 2 aliphatic heterocycles. The fourth-order valence-corrected chi connectivity index (χ4v) is 3.58. The van der Waals surface area contributed by atoms with Crippen LogP contribution in [0.15, 0.2) is 36.7 Å². The number of rotatable bonds is 5. The fraction of sp³-hybridized carbons (Fsp3) is 0.400. The minimum atomic E-state index is -0.279. The fourth-order valence-electron chi connectivity index (χ4n) is 3.58. The molecule has 2 amide bonds.